The summed E-state index contributed by atoms with van der Waals surface area (Å²) in [5.41, 5.74) is 0. The summed E-state index contributed by atoms with van der Waals surface area (Å²) in [6.45, 7) is 2.81. The Hall–Kier alpha value is -1.33. The second-order valence-corrected chi connectivity index (χ2v) is 3.80. The van der Waals surface area contributed by atoms with Gasteiger partial charge in [-0.2, -0.15) is 0 Å². The Labute approximate surface area is 94.6 Å². The summed E-state index contributed by atoms with van der Waals surface area (Å²) in [6.07, 6.45) is -0.389. The van der Waals surface area contributed by atoms with Crippen LogP contribution in [-0.2, 0) is 11.3 Å². The van der Waals surface area contributed by atoms with Gasteiger partial charge in [0.25, 0.3) is 0 Å². The van der Waals surface area contributed by atoms with Crippen molar-refractivity contribution in [3.05, 3.63) is 23.7 Å². The van der Waals surface area contributed by atoms with Crippen LogP contribution in [0.4, 0.5) is 0 Å². The lowest BCUT2D eigenvalue weighted by Crippen LogP contribution is -2.26. The molecule has 0 saturated carbocycles. The van der Waals surface area contributed by atoms with Crippen LogP contribution in [-0.4, -0.2) is 42.8 Å². The first-order chi connectivity index (χ1) is 7.52. The SMILES string of the molecule is COC(=O)c1ccc(CN(C)CC(C)O)o1. The standard InChI is InChI=1S/C11H17NO4/c1-8(13)6-12(2)7-9-4-5-10(16-9)11(14)15-3/h4-5,8,13H,6-7H2,1-3H3. The van der Waals surface area contributed by atoms with Crippen LogP contribution < -0.4 is 0 Å². The number of carbonyl (C=O) groups excluding carboxylic acids is 1. The van der Waals surface area contributed by atoms with E-state index in [-0.39, 0.29) is 11.9 Å². The van der Waals surface area contributed by atoms with E-state index in [0.29, 0.717) is 18.8 Å². The van der Waals surface area contributed by atoms with Crippen molar-refractivity contribution in [2.24, 2.45) is 0 Å². The molecule has 0 aromatic carbocycles. The smallest absolute Gasteiger partial charge is 0.373 e. The Morgan fingerprint density at radius 1 is 1.62 bits per heavy atom. The summed E-state index contributed by atoms with van der Waals surface area (Å²) in [4.78, 5) is 13.0. The molecule has 1 N–H and O–H groups in total. The highest BCUT2D eigenvalue weighted by molar-refractivity contribution is 5.86. The molecule has 1 heterocycles. The Morgan fingerprint density at radius 3 is 2.88 bits per heavy atom. The van der Waals surface area contributed by atoms with E-state index in [1.165, 1.54) is 7.11 Å². The Morgan fingerprint density at radius 2 is 2.31 bits per heavy atom. The molecule has 5 heteroatoms. The van der Waals surface area contributed by atoms with Gasteiger partial charge in [0.1, 0.15) is 5.76 Å². The first kappa shape index (κ1) is 12.7. The second kappa shape index (κ2) is 5.67. The van der Waals surface area contributed by atoms with Crippen LogP contribution in [0.2, 0.25) is 0 Å². The number of hydrogen-bond acceptors (Lipinski definition) is 5. The zero-order chi connectivity index (χ0) is 12.1. The van der Waals surface area contributed by atoms with Gasteiger partial charge in [-0.25, -0.2) is 4.79 Å². The maximum absolute atomic E-state index is 11.1. The quantitative estimate of drug-likeness (QED) is 0.756. The molecular weight excluding hydrogens is 210 g/mol. The molecule has 0 saturated heterocycles. The molecule has 0 bridgehead atoms. The molecular formula is C11H17NO4. The zero-order valence-electron chi connectivity index (χ0n) is 9.77. The van der Waals surface area contributed by atoms with Crippen molar-refractivity contribution in [2.75, 3.05) is 20.7 Å². The molecule has 0 fully saturated rings. The molecule has 1 atom stereocenters. The van der Waals surface area contributed by atoms with Crippen LogP contribution in [0.1, 0.15) is 23.2 Å². The summed E-state index contributed by atoms with van der Waals surface area (Å²) in [5, 5.41) is 9.19. The Kier molecular flexibility index (Phi) is 4.52. The predicted molar refractivity (Wildman–Crippen MR) is 58.1 cm³/mol. The minimum Gasteiger partial charge on any atom is -0.463 e. The number of rotatable bonds is 5. The first-order valence-electron chi connectivity index (χ1n) is 5.06. The largest absolute Gasteiger partial charge is 0.463 e. The van der Waals surface area contributed by atoms with Gasteiger partial charge in [-0.3, -0.25) is 4.90 Å². The fourth-order valence-electron chi connectivity index (χ4n) is 1.45. The molecule has 1 unspecified atom stereocenters. The van der Waals surface area contributed by atoms with Crippen molar-refractivity contribution in [1.82, 2.24) is 4.90 Å². The van der Waals surface area contributed by atoms with Gasteiger partial charge < -0.3 is 14.3 Å². The summed E-state index contributed by atoms with van der Waals surface area (Å²) in [6, 6.07) is 3.31. The number of aliphatic hydroxyl groups excluding tert-OH is 1. The highest BCUT2D eigenvalue weighted by Gasteiger charge is 2.12. The fourth-order valence-corrected chi connectivity index (χ4v) is 1.45. The number of furan rings is 1. The number of ether oxygens (including phenoxy) is 1. The number of hydrogen-bond donors (Lipinski definition) is 1. The van der Waals surface area contributed by atoms with Gasteiger partial charge in [-0.05, 0) is 26.1 Å². The normalized spacial score (nSPS) is 12.8. The number of esters is 1. The lowest BCUT2D eigenvalue weighted by atomic mass is 10.3. The van der Waals surface area contributed by atoms with Gasteiger partial charge in [0, 0.05) is 6.54 Å². The van der Waals surface area contributed by atoms with E-state index in [4.69, 9.17) is 4.42 Å². The number of methoxy groups -OCH3 is 1. The molecule has 0 aliphatic carbocycles. The fraction of sp³-hybridized carbons (Fsp3) is 0.545. The van der Waals surface area contributed by atoms with Crippen molar-refractivity contribution >= 4 is 5.97 Å². The van der Waals surface area contributed by atoms with Crippen LogP contribution in [0, 0.1) is 0 Å². The van der Waals surface area contributed by atoms with Gasteiger partial charge >= 0.3 is 5.97 Å². The summed E-state index contributed by atoms with van der Waals surface area (Å²) in [5.74, 6) is 0.385. The second-order valence-electron chi connectivity index (χ2n) is 3.80. The molecule has 5 nitrogen and oxygen atoms in total. The molecule has 1 aromatic heterocycles. The zero-order valence-corrected chi connectivity index (χ0v) is 9.77. The third-order valence-corrected chi connectivity index (χ3v) is 2.05. The van der Waals surface area contributed by atoms with Crippen molar-refractivity contribution in [1.29, 1.82) is 0 Å². The van der Waals surface area contributed by atoms with E-state index < -0.39 is 5.97 Å². The summed E-state index contributed by atoms with van der Waals surface area (Å²) >= 11 is 0. The van der Waals surface area contributed by atoms with Crippen molar-refractivity contribution in [3.8, 4) is 0 Å². The monoisotopic (exact) mass is 227 g/mol. The number of nitrogens with zero attached hydrogens (tertiary/aromatic N) is 1. The molecule has 0 amide bonds. The van der Waals surface area contributed by atoms with E-state index in [2.05, 4.69) is 4.74 Å². The Balaban J connectivity index is 2.55. The van der Waals surface area contributed by atoms with Crippen LogP contribution in [0.15, 0.2) is 16.5 Å². The average molecular weight is 227 g/mol. The van der Waals surface area contributed by atoms with Crippen LogP contribution >= 0.6 is 0 Å². The van der Waals surface area contributed by atoms with E-state index >= 15 is 0 Å². The summed E-state index contributed by atoms with van der Waals surface area (Å²) in [7, 11) is 3.18. The molecule has 0 radical (unpaired) electrons. The van der Waals surface area contributed by atoms with E-state index in [0.717, 1.165) is 0 Å². The highest BCUT2D eigenvalue weighted by atomic mass is 16.5. The van der Waals surface area contributed by atoms with Gasteiger partial charge in [-0.1, -0.05) is 0 Å². The van der Waals surface area contributed by atoms with Crippen LogP contribution in [0.3, 0.4) is 0 Å². The van der Waals surface area contributed by atoms with Gasteiger partial charge in [-0.15, -0.1) is 0 Å². The highest BCUT2D eigenvalue weighted by Crippen LogP contribution is 2.11. The molecule has 1 aromatic rings. The summed E-state index contributed by atoms with van der Waals surface area (Å²) < 4.78 is 9.82. The maximum Gasteiger partial charge on any atom is 0.373 e. The third kappa shape index (κ3) is 3.67. The van der Waals surface area contributed by atoms with E-state index in [9.17, 15) is 9.90 Å². The lowest BCUT2D eigenvalue weighted by Gasteiger charge is -2.16. The molecule has 16 heavy (non-hydrogen) atoms. The van der Waals surface area contributed by atoms with Crippen molar-refractivity contribution in [2.45, 2.75) is 19.6 Å². The van der Waals surface area contributed by atoms with E-state index in [1.54, 1.807) is 19.1 Å². The van der Waals surface area contributed by atoms with Crippen molar-refractivity contribution < 1.29 is 19.1 Å². The molecule has 1 rings (SSSR count). The number of likely N-dealkylation sites (N-methyl/N-ethyl adjacent to an activating group) is 1. The number of carbonyl (C=O) groups is 1. The van der Waals surface area contributed by atoms with Gasteiger partial charge in [0.05, 0.1) is 19.8 Å². The van der Waals surface area contributed by atoms with Crippen molar-refractivity contribution in [3.63, 3.8) is 0 Å². The van der Waals surface area contributed by atoms with Crippen LogP contribution in [0.25, 0.3) is 0 Å². The first-order valence-corrected chi connectivity index (χ1v) is 5.06. The topological polar surface area (TPSA) is 62.9 Å². The molecule has 0 aliphatic heterocycles. The predicted octanol–water partition coefficient (Wildman–Crippen LogP) is 0.879. The Bertz CT molecular complexity index is 346. The van der Waals surface area contributed by atoms with Crippen LogP contribution in [0.5, 0.6) is 0 Å². The molecule has 0 aliphatic rings. The number of aliphatic hydroxyl groups is 1. The minimum absolute atomic E-state index is 0.197. The molecule has 0 spiro atoms. The van der Waals surface area contributed by atoms with Gasteiger partial charge in [0.2, 0.25) is 5.76 Å². The maximum atomic E-state index is 11.1. The van der Waals surface area contributed by atoms with Gasteiger partial charge in [0.15, 0.2) is 0 Å². The van der Waals surface area contributed by atoms with E-state index in [1.807, 2.05) is 11.9 Å². The molecule has 90 valence electrons. The average Bonchev–Trinajstić information content (AvgIpc) is 2.63. The lowest BCUT2D eigenvalue weighted by molar-refractivity contribution is 0.0560. The third-order valence-electron chi connectivity index (χ3n) is 2.05. The minimum atomic E-state index is -0.482.